The number of urea groups is 1. The number of benzene rings is 3. The van der Waals surface area contributed by atoms with Gasteiger partial charge in [-0.25, -0.2) is 19.2 Å². The van der Waals surface area contributed by atoms with Crippen LogP contribution in [-0.4, -0.2) is 91.6 Å². The Morgan fingerprint density at radius 2 is 1.31 bits per heavy atom. The third-order valence-corrected chi connectivity index (χ3v) is 9.64. The summed E-state index contributed by atoms with van der Waals surface area (Å²) < 4.78 is 42.4. The first-order valence-corrected chi connectivity index (χ1v) is 20.4. The van der Waals surface area contributed by atoms with E-state index >= 15 is 0 Å². The van der Waals surface area contributed by atoms with Crippen molar-refractivity contribution in [2.45, 2.75) is 83.2 Å². The van der Waals surface area contributed by atoms with Crippen LogP contribution in [0.3, 0.4) is 0 Å². The number of hydrogen-bond donors (Lipinski definition) is 9. The lowest BCUT2D eigenvalue weighted by molar-refractivity contribution is -0.192. The lowest BCUT2D eigenvalue weighted by Gasteiger charge is -2.25. The molecule has 0 fully saturated rings. The van der Waals surface area contributed by atoms with Crippen molar-refractivity contribution in [1.82, 2.24) is 26.6 Å². The van der Waals surface area contributed by atoms with E-state index in [1.165, 1.54) is 0 Å². The number of carbonyl (C=O) groups excluding carboxylic acids is 6. The Hall–Kier alpha value is -6.90. The first kappa shape index (κ1) is 51.5. The van der Waals surface area contributed by atoms with E-state index in [1.54, 1.807) is 38.1 Å². The molecular formula is C43H55F3N8O10. The SMILES string of the molecule is CC(C)[C@H](NC(=O)CCCCCNC(=O)OCC1c2ccccc2-c2ccccc21)C(=O)N[C@@H](CCCNC(N)=O)C(=O)Nc1ccc(COC(=O)NCN)cc1.O=C(O)C(F)(F)F. The van der Waals surface area contributed by atoms with Crippen LogP contribution < -0.4 is 43.4 Å². The molecule has 0 saturated carbocycles. The number of amides is 7. The Morgan fingerprint density at radius 1 is 0.734 bits per heavy atom. The summed E-state index contributed by atoms with van der Waals surface area (Å²) in [6.45, 7) is 4.32. The Balaban J connectivity index is 0.00000143. The zero-order chi connectivity index (χ0) is 47.2. The quantitative estimate of drug-likeness (QED) is 0.0527. The number of hydrogen-bond acceptors (Lipinski definition) is 10. The molecule has 11 N–H and O–H groups in total. The van der Waals surface area contributed by atoms with Crippen molar-refractivity contribution in [2.75, 3.05) is 31.7 Å². The van der Waals surface area contributed by atoms with Gasteiger partial charge in [-0.05, 0) is 71.6 Å². The lowest BCUT2D eigenvalue weighted by atomic mass is 9.98. The fraction of sp³-hybridized carbons (Fsp3) is 0.419. The lowest BCUT2D eigenvalue weighted by Crippen LogP contribution is -2.54. The van der Waals surface area contributed by atoms with Crippen molar-refractivity contribution < 1.29 is 61.3 Å². The summed E-state index contributed by atoms with van der Waals surface area (Å²) in [6, 6.07) is 20.2. The summed E-state index contributed by atoms with van der Waals surface area (Å²) in [6.07, 6.45) is -3.74. The summed E-state index contributed by atoms with van der Waals surface area (Å²) in [5, 5.41) is 23.0. The number of carboxylic acid groups (broad SMARTS) is 1. The van der Waals surface area contributed by atoms with Crippen molar-refractivity contribution in [3.8, 4) is 11.1 Å². The number of halogens is 3. The molecule has 0 aliphatic heterocycles. The van der Waals surface area contributed by atoms with Gasteiger partial charge < -0.3 is 57.9 Å². The Morgan fingerprint density at radius 3 is 1.88 bits per heavy atom. The van der Waals surface area contributed by atoms with Gasteiger partial charge >= 0.3 is 30.4 Å². The van der Waals surface area contributed by atoms with E-state index in [-0.39, 0.29) is 57.0 Å². The van der Waals surface area contributed by atoms with Crippen molar-refractivity contribution in [3.05, 3.63) is 89.5 Å². The molecule has 7 amide bonds. The standard InChI is InChI=1S/C41H54N8O8.C2HF3O2/c1-26(2)36(38(52)48-34(15-10-22-44-39(43)53)37(51)47-28-19-17-27(18-20-28)23-56-41(55)46-25-42)49-35(50)16-4-3-9-21-45-40(54)57-24-33-31-13-7-5-11-29(31)30-12-6-8-14-32(30)33;3-2(4,5)1(6)7/h5-8,11-14,17-20,26,33-34,36H,3-4,9-10,15-16,21-25,42H2,1-2H3,(H,45,54)(H,46,55)(H,47,51)(H,48,52)(H,49,50)(H3,43,44,53);(H,6,7)/t34-,36-;/m0./s1. The van der Waals surface area contributed by atoms with Crippen LogP contribution in [0, 0.1) is 5.92 Å². The van der Waals surface area contributed by atoms with Gasteiger partial charge in [-0.15, -0.1) is 0 Å². The predicted molar refractivity (Wildman–Crippen MR) is 228 cm³/mol. The third-order valence-electron chi connectivity index (χ3n) is 9.64. The number of anilines is 1. The molecule has 0 unspecified atom stereocenters. The van der Waals surface area contributed by atoms with Crippen LogP contribution in [0.15, 0.2) is 72.8 Å². The molecule has 3 aromatic carbocycles. The fourth-order valence-electron chi connectivity index (χ4n) is 6.45. The molecule has 4 rings (SSSR count). The van der Waals surface area contributed by atoms with Gasteiger partial charge in [0, 0.05) is 31.1 Å². The molecule has 0 saturated heterocycles. The van der Waals surface area contributed by atoms with Gasteiger partial charge in [-0.3, -0.25) is 14.4 Å². The van der Waals surface area contributed by atoms with Gasteiger partial charge in [0.25, 0.3) is 0 Å². The smallest absolute Gasteiger partial charge is 0.475 e. The number of nitrogens with two attached hydrogens (primary N) is 2. The fourth-order valence-corrected chi connectivity index (χ4v) is 6.45. The van der Waals surface area contributed by atoms with E-state index in [0.717, 1.165) is 22.3 Å². The van der Waals surface area contributed by atoms with Gasteiger partial charge in [-0.2, -0.15) is 13.2 Å². The van der Waals surface area contributed by atoms with Gasteiger partial charge in [0.2, 0.25) is 17.7 Å². The minimum Gasteiger partial charge on any atom is -0.475 e. The van der Waals surface area contributed by atoms with Crippen molar-refractivity contribution in [2.24, 2.45) is 17.4 Å². The molecule has 0 aromatic heterocycles. The highest BCUT2D eigenvalue weighted by Crippen LogP contribution is 2.44. The van der Waals surface area contributed by atoms with Crippen LogP contribution in [0.4, 0.5) is 33.2 Å². The minimum atomic E-state index is -5.08. The monoisotopic (exact) mass is 900 g/mol. The van der Waals surface area contributed by atoms with Crippen LogP contribution in [-0.2, 0) is 35.3 Å². The average molecular weight is 901 g/mol. The molecule has 0 bridgehead atoms. The van der Waals surface area contributed by atoms with Crippen molar-refractivity contribution >= 4 is 47.6 Å². The average Bonchev–Trinajstić information content (AvgIpc) is 3.57. The molecule has 0 heterocycles. The third kappa shape index (κ3) is 17.5. The van der Waals surface area contributed by atoms with Crippen molar-refractivity contribution in [1.29, 1.82) is 0 Å². The Labute approximate surface area is 367 Å². The Bertz CT molecular complexity index is 2010. The predicted octanol–water partition coefficient (Wildman–Crippen LogP) is 4.57. The van der Waals surface area contributed by atoms with Gasteiger partial charge in [0.1, 0.15) is 25.3 Å². The summed E-state index contributed by atoms with van der Waals surface area (Å²) in [5.74, 6) is -4.43. The zero-order valence-corrected chi connectivity index (χ0v) is 35.4. The summed E-state index contributed by atoms with van der Waals surface area (Å²) in [5.41, 5.74) is 16.1. The number of unbranched alkanes of at least 4 members (excludes halogenated alkanes) is 2. The number of fused-ring (bicyclic) bond motifs is 3. The molecule has 21 heteroatoms. The number of primary amides is 1. The van der Waals surface area contributed by atoms with Gasteiger partial charge in [0.05, 0.1) is 6.67 Å². The van der Waals surface area contributed by atoms with Crippen LogP contribution in [0.25, 0.3) is 11.1 Å². The number of carbonyl (C=O) groups is 7. The molecule has 348 valence electrons. The van der Waals surface area contributed by atoms with E-state index in [1.807, 2.05) is 24.3 Å². The second kappa shape index (κ2) is 25.9. The topological polar surface area (TPSA) is 282 Å². The van der Waals surface area contributed by atoms with Crippen LogP contribution in [0.1, 0.15) is 75.0 Å². The van der Waals surface area contributed by atoms with Gasteiger partial charge in [-0.1, -0.05) is 80.9 Å². The number of rotatable bonds is 21. The van der Waals surface area contributed by atoms with Crippen molar-refractivity contribution in [3.63, 3.8) is 0 Å². The zero-order valence-electron chi connectivity index (χ0n) is 35.4. The molecule has 1 aliphatic rings. The van der Waals surface area contributed by atoms with Crippen LogP contribution >= 0.6 is 0 Å². The van der Waals surface area contributed by atoms with Gasteiger partial charge in [0.15, 0.2) is 0 Å². The van der Waals surface area contributed by atoms with Crippen LogP contribution in [0.2, 0.25) is 0 Å². The van der Waals surface area contributed by atoms with Crippen LogP contribution in [0.5, 0.6) is 0 Å². The number of carboxylic acids is 1. The second-order valence-electron chi connectivity index (χ2n) is 14.8. The number of aliphatic carboxylic acids is 1. The van der Waals surface area contributed by atoms with E-state index in [2.05, 4.69) is 56.2 Å². The molecule has 1 aliphatic carbocycles. The Kier molecular flexibility index (Phi) is 20.8. The maximum absolute atomic E-state index is 13.5. The second-order valence-corrected chi connectivity index (χ2v) is 14.8. The molecule has 2 atom stereocenters. The molecule has 64 heavy (non-hydrogen) atoms. The maximum atomic E-state index is 13.5. The van der Waals surface area contributed by atoms with E-state index in [9.17, 15) is 41.9 Å². The minimum absolute atomic E-state index is 0.00518. The normalized spacial score (nSPS) is 12.5. The summed E-state index contributed by atoms with van der Waals surface area (Å²) >= 11 is 0. The number of ether oxygens (including phenoxy) is 2. The highest BCUT2D eigenvalue weighted by Gasteiger charge is 2.38. The largest absolute Gasteiger partial charge is 0.490 e. The van der Waals surface area contributed by atoms with E-state index in [4.69, 9.17) is 30.8 Å². The number of alkyl carbamates (subject to hydrolysis) is 2. The first-order chi connectivity index (χ1) is 30.4. The maximum Gasteiger partial charge on any atom is 0.490 e. The molecule has 18 nitrogen and oxygen atoms in total. The first-order valence-electron chi connectivity index (χ1n) is 20.4. The van der Waals surface area contributed by atoms with E-state index in [0.29, 0.717) is 43.5 Å². The number of nitrogens with one attached hydrogen (secondary N) is 6. The number of alkyl halides is 3. The molecule has 0 spiro atoms. The molecular weight excluding hydrogens is 846 g/mol. The highest BCUT2D eigenvalue weighted by molar-refractivity contribution is 5.98. The molecule has 0 radical (unpaired) electrons. The summed E-state index contributed by atoms with van der Waals surface area (Å²) in [7, 11) is 0. The van der Waals surface area contributed by atoms with E-state index < -0.39 is 54.3 Å². The summed E-state index contributed by atoms with van der Waals surface area (Å²) in [4.78, 5) is 83.8. The highest BCUT2D eigenvalue weighted by atomic mass is 19.4. The molecule has 3 aromatic rings.